The summed E-state index contributed by atoms with van der Waals surface area (Å²) in [5.74, 6) is 2.42. The average molecular weight is 379 g/mol. The summed E-state index contributed by atoms with van der Waals surface area (Å²) in [7, 11) is 4.82. The van der Waals surface area contributed by atoms with Gasteiger partial charge in [-0.25, -0.2) is 0 Å². The van der Waals surface area contributed by atoms with Gasteiger partial charge in [0.1, 0.15) is 11.8 Å². The third-order valence-electron chi connectivity index (χ3n) is 4.74. The van der Waals surface area contributed by atoms with Gasteiger partial charge in [0.15, 0.2) is 11.5 Å². The van der Waals surface area contributed by atoms with E-state index in [1.165, 1.54) is 5.56 Å². The van der Waals surface area contributed by atoms with E-state index in [4.69, 9.17) is 14.2 Å². The van der Waals surface area contributed by atoms with Gasteiger partial charge in [0, 0.05) is 17.3 Å². The number of ether oxygens (including phenoxy) is 3. The molecule has 1 aliphatic heterocycles. The molecule has 0 saturated carbocycles. The number of anilines is 1. The largest absolute Gasteiger partial charge is 0.496 e. The maximum atomic E-state index is 5.62. The summed E-state index contributed by atoms with van der Waals surface area (Å²) >= 11 is 0. The van der Waals surface area contributed by atoms with Gasteiger partial charge in [-0.1, -0.05) is 34.9 Å². The Hall–Kier alpha value is -3.55. The number of nitrogens with one attached hydrogen (secondary N) is 1. The molecule has 8 heteroatoms. The summed E-state index contributed by atoms with van der Waals surface area (Å²) in [6.45, 7) is 2.06. The molecule has 0 aliphatic carbocycles. The molecule has 2 aromatic carbocycles. The number of tetrazole rings is 1. The molecule has 2 heterocycles. The fourth-order valence-electron chi connectivity index (χ4n) is 3.26. The second-order valence-corrected chi connectivity index (χ2v) is 6.41. The SMILES string of the molecule is COc1cc(OC)c(C2C=C(c3ccc(C)cc3)Nc3nnnn32)cc1OC. The third-order valence-corrected chi connectivity index (χ3v) is 4.74. The molecule has 1 N–H and O–H groups in total. The van der Waals surface area contributed by atoms with Crippen molar-refractivity contribution in [3.63, 3.8) is 0 Å². The number of fused-ring (bicyclic) bond motifs is 1. The zero-order valence-corrected chi connectivity index (χ0v) is 16.1. The molecule has 0 spiro atoms. The average Bonchev–Trinajstić information content (AvgIpc) is 3.21. The molecule has 1 aliphatic rings. The van der Waals surface area contributed by atoms with Crippen molar-refractivity contribution in [2.24, 2.45) is 0 Å². The molecule has 1 unspecified atom stereocenters. The molecule has 3 aromatic rings. The molecular weight excluding hydrogens is 358 g/mol. The van der Waals surface area contributed by atoms with E-state index in [1.807, 2.05) is 6.07 Å². The van der Waals surface area contributed by atoms with Gasteiger partial charge >= 0.3 is 0 Å². The monoisotopic (exact) mass is 379 g/mol. The molecule has 4 rings (SSSR count). The van der Waals surface area contributed by atoms with Crippen molar-refractivity contribution in [2.75, 3.05) is 26.6 Å². The van der Waals surface area contributed by atoms with Crippen LogP contribution >= 0.6 is 0 Å². The minimum Gasteiger partial charge on any atom is -0.496 e. The molecule has 0 fully saturated rings. The van der Waals surface area contributed by atoms with Gasteiger partial charge in [0.2, 0.25) is 5.95 Å². The Morgan fingerprint density at radius 3 is 2.29 bits per heavy atom. The van der Waals surface area contributed by atoms with Crippen molar-refractivity contribution in [3.8, 4) is 17.2 Å². The zero-order valence-electron chi connectivity index (χ0n) is 16.1. The van der Waals surface area contributed by atoms with Crippen LogP contribution in [0.5, 0.6) is 17.2 Å². The van der Waals surface area contributed by atoms with Crippen LogP contribution in [0.3, 0.4) is 0 Å². The normalized spacial score (nSPS) is 15.3. The fraction of sp³-hybridized carbons (Fsp3) is 0.250. The number of hydrogen-bond donors (Lipinski definition) is 1. The van der Waals surface area contributed by atoms with Crippen LogP contribution in [0, 0.1) is 6.92 Å². The van der Waals surface area contributed by atoms with Crippen LogP contribution in [0.25, 0.3) is 5.70 Å². The first-order chi connectivity index (χ1) is 13.6. The van der Waals surface area contributed by atoms with Gasteiger partial charge in [-0.2, -0.15) is 4.68 Å². The second kappa shape index (κ2) is 7.22. The number of hydrogen-bond acceptors (Lipinski definition) is 7. The molecule has 0 saturated heterocycles. The highest BCUT2D eigenvalue weighted by atomic mass is 16.5. The predicted molar refractivity (Wildman–Crippen MR) is 105 cm³/mol. The highest BCUT2D eigenvalue weighted by Gasteiger charge is 2.28. The van der Waals surface area contributed by atoms with E-state index >= 15 is 0 Å². The van der Waals surface area contributed by atoms with Gasteiger partial charge in [0.25, 0.3) is 0 Å². The highest BCUT2D eigenvalue weighted by Crippen LogP contribution is 2.41. The van der Waals surface area contributed by atoms with E-state index in [9.17, 15) is 0 Å². The van der Waals surface area contributed by atoms with Crippen LogP contribution in [-0.2, 0) is 0 Å². The molecule has 1 aromatic heterocycles. The van der Waals surface area contributed by atoms with Crippen LogP contribution in [0.15, 0.2) is 42.5 Å². The molecule has 8 nitrogen and oxygen atoms in total. The lowest BCUT2D eigenvalue weighted by molar-refractivity contribution is 0.346. The van der Waals surface area contributed by atoms with Crippen LogP contribution in [0.4, 0.5) is 5.95 Å². The number of benzene rings is 2. The maximum absolute atomic E-state index is 5.62. The van der Waals surface area contributed by atoms with E-state index in [1.54, 1.807) is 32.1 Å². The number of rotatable bonds is 5. The number of nitrogens with zero attached hydrogens (tertiary/aromatic N) is 4. The first kappa shape index (κ1) is 17.8. The van der Waals surface area contributed by atoms with Crippen LogP contribution in [0.1, 0.15) is 22.7 Å². The summed E-state index contributed by atoms with van der Waals surface area (Å²) in [5, 5.41) is 15.4. The van der Waals surface area contributed by atoms with Crippen LogP contribution in [0.2, 0.25) is 0 Å². The number of methoxy groups -OCH3 is 3. The zero-order chi connectivity index (χ0) is 19.7. The quantitative estimate of drug-likeness (QED) is 0.729. The Morgan fingerprint density at radius 2 is 1.61 bits per heavy atom. The Morgan fingerprint density at radius 1 is 0.929 bits per heavy atom. The van der Waals surface area contributed by atoms with Crippen LogP contribution < -0.4 is 19.5 Å². The lowest BCUT2D eigenvalue weighted by Gasteiger charge is -2.25. The molecule has 0 radical (unpaired) electrons. The first-order valence-corrected chi connectivity index (χ1v) is 8.78. The molecule has 28 heavy (non-hydrogen) atoms. The van der Waals surface area contributed by atoms with Gasteiger partial charge in [0.05, 0.1) is 21.3 Å². The van der Waals surface area contributed by atoms with Crippen LogP contribution in [-0.4, -0.2) is 41.5 Å². The Kier molecular flexibility index (Phi) is 4.60. The van der Waals surface area contributed by atoms with E-state index in [0.717, 1.165) is 16.8 Å². The summed E-state index contributed by atoms with van der Waals surface area (Å²) in [5.41, 5.74) is 4.02. The lowest BCUT2D eigenvalue weighted by atomic mass is 10.00. The lowest BCUT2D eigenvalue weighted by Crippen LogP contribution is -2.21. The van der Waals surface area contributed by atoms with Gasteiger partial charge in [-0.15, -0.1) is 0 Å². The standard InChI is InChI=1S/C20H21N5O3/c1-12-5-7-13(8-6-12)15-10-16(25-20(21-15)22-23-24-25)14-9-18(27-3)19(28-4)11-17(14)26-2/h5-11,16H,1-4H3,(H,21,22,24). The maximum Gasteiger partial charge on any atom is 0.248 e. The van der Waals surface area contributed by atoms with E-state index < -0.39 is 0 Å². The molecule has 0 bridgehead atoms. The van der Waals surface area contributed by atoms with Gasteiger partial charge in [-0.05, 0) is 35.1 Å². The first-order valence-electron chi connectivity index (χ1n) is 8.78. The van der Waals surface area contributed by atoms with E-state index in [0.29, 0.717) is 23.2 Å². The molecule has 144 valence electrons. The fourth-order valence-corrected chi connectivity index (χ4v) is 3.26. The topological polar surface area (TPSA) is 83.3 Å². The minimum absolute atomic E-state index is 0.280. The van der Waals surface area contributed by atoms with Crippen molar-refractivity contribution in [3.05, 3.63) is 59.2 Å². The summed E-state index contributed by atoms with van der Waals surface area (Å²) in [4.78, 5) is 0. The van der Waals surface area contributed by atoms with Crippen molar-refractivity contribution >= 4 is 11.6 Å². The second-order valence-electron chi connectivity index (χ2n) is 6.41. The molecule has 1 atom stereocenters. The van der Waals surface area contributed by atoms with Crippen molar-refractivity contribution in [1.82, 2.24) is 20.2 Å². The summed E-state index contributed by atoms with van der Waals surface area (Å²) in [6.07, 6.45) is 2.07. The van der Waals surface area contributed by atoms with E-state index in [2.05, 4.69) is 58.1 Å². The highest BCUT2D eigenvalue weighted by molar-refractivity contribution is 5.77. The Bertz CT molecular complexity index is 1030. The number of aryl methyl sites for hydroxylation is 1. The summed E-state index contributed by atoms with van der Waals surface area (Å²) in [6, 6.07) is 11.7. The minimum atomic E-state index is -0.280. The third kappa shape index (κ3) is 3.02. The number of aromatic nitrogens is 4. The van der Waals surface area contributed by atoms with Crippen molar-refractivity contribution in [1.29, 1.82) is 0 Å². The van der Waals surface area contributed by atoms with Gasteiger partial charge in [-0.3, -0.25) is 0 Å². The summed E-state index contributed by atoms with van der Waals surface area (Å²) < 4.78 is 18.2. The molecular formula is C20H21N5O3. The van der Waals surface area contributed by atoms with Crippen molar-refractivity contribution < 1.29 is 14.2 Å². The number of allylic oxidation sites excluding steroid dienone is 1. The Labute approximate surface area is 162 Å². The van der Waals surface area contributed by atoms with E-state index in [-0.39, 0.29) is 6.04 Å². The Balaban J connectivity index is 1.87. The predicted octanol–water partition coefficient (Wildman–Crippen LogP) is 3.06. The molecule has 0 amide bonds. The smallest absolute Gasteiger partial charge is 0.248 e. The van der Waals surface area contributed by atoms with Crippen molar-refractivity contribution in [2.45, 2.75) is 13.0 Å². The van der Waals surface area contributed by atoms with Gasteiger partial charge < -0.3 is 19.5 Å².